The maximum Gasteiger partial charge on any atom is 0.0475 e. The third kappa shape index (κ3) is 3.58. The van der Waals surface area contributed by atoms with E-state index in [-0.39, 0.29) is 0 Å². The van der Waals surface area contributed by atoms with Gasteiger partial charge in [-0.2, -0.15) is 0 Å². The monoisotopic (exact) mass is 258 g/mol. The van der Waals surface area contributed by atoms with E-state index in [2.05, 4.69) is 47.5 Å². The van der Waals surface area contributed by atoms with Crippen molar-refractivity contribution in [2.24, 2.45) is 5.92 Å². The molecular formula is C17H26N2. The van der Waals surface area contributed by atoms with E-state index in [1.54, 1.807) is 0 Å². The Balaban J connectivity index is 1.75. The van der Waals surface area contributed by atoms with Crippen molar-refractivity contribution in [2.75, 3.05) is 19.6 Å². The Morgan fingerprint density at radius 2 is 1.89 bits per heavy atom. The van der Waals surface area contributed by atoms with Crippen molar-refractivity contribution in [1.29, 1.82) is 0 Å². The Bertz CT molecular complexity index is 382. The average molecular weight is 258 g/mol. The quantitative estimate of drug-likeness (QED) is 0.770. The van der Waals surface area contributed by atoms with Gasteiger partial charge in [0.15, 0.2) is 0 Å². The van der Waals surface area contributed by atoms with Gasteiger partial charge in [-0.05, 0) is 43.7 Å². The van der Waals surface area contributed by atoms with Gasteiger partial charge in [0.2, 0.25) is 0 Å². The third-order valence-electron chi connectivity index (χ3n) is 4.35. The van der Waals surface area contributed by atoms with Gasteiger partial charge >= 0.3 is 0 Å². The highest BCUT2D eigenvalue weighted by Gasteiger charge is 2.37. The molecule has 1 aromatic rings. The number of likely N-dealkylation sites (N-methyl/N-ethyl adjacent to an activating group) is 1. The Morgan fingerprint density at radius 1 is 1.16 bits per heavy atom. The Morgan fingerprint density at radius 3 is 2.47 bits per heavy atom. The Kier molecular flexibility index (Phi) is 4.19. The van der Waals surface area contributed by atoms with Crippen LogP contribution < -0.4 is 5.32 Å². The zero-order valence-corrected chi connectivity index (χ0v) is 12.0. The van der Waals surface area contributed by atoms with Crippen molar-refractivity contribution in [3.8, 4) is 0 Å². The second-order valence-corrected chi connectivity index (χ2v) is 6.11. The predicted molar refractivity (Wildman–Crippen MR) is 80.2 cm³/mol. The first-order valence-corrected chi connectivity index (χ1v) is 7.90. The Labute approximate surface area is 117 Å². The molecule has 0 radical (unpaired) electrons. The molecule has 2 heteroatoms. The number of nitrogens with one attached hydrogen (secondary N) is 1. The van der Waals surface area contributed by atoms with Gasteiger partial charge in [0, 0.05) is 25.2 Å². The van der Waals surface area contributed by atoms with Gasteiger partial charge in [0.25, 0.3) is 0 Å². The van der Waals surface area contributed by atoms with Crippen molar-refractivity contribution in [2.45, 2.75) is 44.7 Å². The molecular weight excluding hydrogens is 232 g/mol. The van der Waals surface area contributed by atoms with Crippen LogP contribution in [0.2, 0.25) is 0 Å². The normalized spacial score (nSPS) is 20.7. The molecule has 1 N–H and O–H groups in total. The van der Waals surface area contributed by atoms with E-state index < -0.39 is 0 Å². The predicted octanol–water partition coefficient (Wildman–Crippen LogP) is 3.21. The van der Waals surface area contributed by atoms with Gasteiger partial charge in [-0.15, -0.1) is 0 Å². The molecule has 2 aliphatic carbocycles. The van der Waals surface area contributed by atoms with Crippen molar-refractivity contribution >= 4 is 0 Å². The lowest BCUT2D eigenvalue weighted by atomic mass is 10.0. The maximum atomic E-state index is 3.56. The molecule has 104 valence electrons. The van der Waals surface area contributed by atoms with Gasteiger partial charge < -0.3 is 5.32 Å². The molecule has 0 saturated heterocycles. The van der Waals surface area contributed by atoms with Crippen LogP contribution >= 0.6 is 0 Å². The van der Waals surface area contributed by atoms with Crippen molar-refractivity contribution in [1.82, 2.24) is 10.2 Å². The zero-order valence-electron chi connectivity index (χ0n) is 12.0. The number of hydrogen-bond acceptors (Lipinski definition) is 2. The van der Waals surface area contributed by atoms with Gasteiger partial charge in [0.05, 0.1) is 0 Å². The number of hydrogen-bond donors (Lipinski definition) is 1. The minimum atomic E-state index is 0.564. The SMILES string of the molecule is CCNCC(c1ccccc1)N(CC1CC1)C1CC1. The molecule has 0 spiro atoms. The summed E-state index contributed by atoms with van der Waals surface area (Å²) in [5, 5.41) is 3.56. The summed E-state index contributed by atoms with van der Waals surface area (Å²) in [6, 6.07) is 12.5. The minimum absolute atomic E-state index is 0.564. The van der Waals surface area contributed by atoms with Crippen LogP contribution in [0.1, 0.15) is 44.2 Å². The van der Waals surface area contributed by atoms with Gasteiger partial charge in [-0.1, -0.05) is 37.3 Å². The molecule has 19 heavy (non-hydrogen) atoms. The fourth-order valence-electron chi connectivity index (χ4n) is 2.92. The van der Waals surface area contributed by atoms with E-state index in [4.69, 9.17) is 0 Å². The molecule has 3 rings (SSSR count). The third-order valence-corrected chi connectivity index (χ3v) is 4.35. The molecule has 1 aromatic carbocycles. The molecule has 0 bridgehead atoms. The summed E-state index contributed by atoms with van der Waals surface area (Å²) in [5.74, 6) is 0.980. The summed E-state index contributed by atoms with van der Waals surface area (Å²) in [6.45, 7) is 5.66. The molecule has 0 amide bonds. The summed E-state index contributed by atoms with van der Waals surface area (Å²) in [6.07, 6.45) is 5.71. The second kappa shape index (κ2) is 6.06. The summed E-state index contributed by atoms with van der Waals surface area (Å²) in [5.41, 5.74) is 1.48. The molecule has 1 unspecified atom stereocenters. The first-order valence-electron chi connectivity index (χ1n) is 7.90. The van der Waals surface area contributed by atoms with Crippen molar-refractivity contribution < 1.29 is 0 Å². The molecule has 0 aromatic heterocycles. The topological polar surface area (TPSA) is 15.3 Å². The van der Waals surface area contributed by atoms with Gasteiger partial charge in [-0.25, -0.2) is 0 Å². The van der Waals surface area contributed by atoms with E-state index >= 15 is 0 Å². The van der Waals surface area contributed by atoms with Gasteiger partial charge in [0.1, 0.15) is 0 Å². The van der Waals surface area contributed by atoms with Crippen molar-refractivity contribution in [3.05, 3.63) is 35.9 Å². The Hall–Kier alpha value is -0.860. The lowest BCUT2D eigenvalue weighted by Crippen LogP contribution is -2.38. The zero-order chi connectivity index (χ0) is 13.1. The van der Waals surface area contributed by atoms with Crippen LogP contribution in [-0.2, 0) is 0 Å². The van der Waals surface area contributed by atoms with Crippen LogP contribution in [0.4, 0.5) is 0 Å². The van der Waals surface area contributed by atoms with Crippen LogP contribution in [0.3, 0.4) is 0 Å². The van der Waals surface area contributed by atoms with Gasteiger partial charge in [-0.3, -0.25) is 4.90 Å². The molecule has 1 atom stereocenters. The van der Waals surface area contributed by atoms with E-state index in [1.165, 1.54) is 37.8 Å². The highest BCUT2D eigenvalue weighted by atomic mass is 15.2. The lowest BCUT2D eigenvalue weighted by Gasteiger charge is -2.32. The molecule has 2 aliphatic rings. The lowest BCUT2D eigenvalue weighted by molar-refractivity contribution is 0.175. The summed E-state index contributed by atoms with van der Waals surface area (Å²) >= 11 is 0. The standard InChI is InChI=1S/C17H26N2/c1-2-18-12-17(15-6-4-3-5-7-15)19(16-10-11-16)13-14-8-9-14/h3-7,14,16-18H,2,8-13H2,1H3. The highest BCUT2D eigenvalue weighted by molar-refractivity contribution is 5.20. The van der Waals surface area contributed by atoms with Crippen LogP contribution in [0.5, 0.6) is 0 Å². The van der Waals surface area contributed by atoms with E-state index in [9.17, 15) is 0 Å². The number of nitrogens with zero attached hydrogens (tertiary/aromatic N) is 1. The summed E-state index contributed by atoms with van der Waals surface area (Å²) in [7, 11) is 0. The fourth-order valence-corrected chi connectivity index (χ4v) is 2.92. The smallest absolute Gasteiger partial charge is 0.0475 e. The number of benzene rings is 1. The van der Waals surface area contributed by atoms with E-state index in [1.807, 2.05) is 0 Å². The first-order chi connectivity index (χ1) is 9.38. The molecule has 2 nitrogen and oxygen atoms in total. The van der Waals surface area contributed by atoms with E-state index in [0.717, 1.165) is 25.0 Å². The average Bonchev–Trinajstić information content (AvgIpc) is 3.32. The molecule has 2 saturated carbocycles. The molecule has 0 aliphatic heterocycles. The van der Waals surface area contributed by atoms with E-state index in [0.29, 0.717) is 6.04 Å². The largest absolute Gasteiger partial charge is 0.315 e. The molecule has 2 fully saturated rings. The van der Waals surface area contributed by atoms with Crippen LogP contribution in [0.25, 0.3) is 0 Å². The van der Waals surface area contributed by atoms with Crippen molar-refractivity contribution in [3.63, 3.8) is 0 Å². The van der Waals surface area contributed by atoms with Crippen LogP contribution in [0, 0.1) is 5.92 Å². The van der Waals surface area contributed by atoms with Crippen LogP contribution in [-0.4, -0.2) is 30.6 Å². The van der Waals surface area contributed by atoms with Crippen LogP contribution in [0.15, 0.2) is 30.3 Å². The fraction of sp³-hybridized carbons (Fsp3) is 0.647. The second-order valence-electron chi connectivity index (χ2n) is 6.11. The molecule has 0 heterocycles. The first kappa shape index (κ1) is 13.1. The number of rotatable bonds is 8. The summed E-state index contributed by atoms with van der Waals surface area (Å²) < 4.78 is 0. The maximum absolute atomic E-state index is 3.56. The summed E-state index contributed by atoms with van der Waals surface area (Å²) in [4.78, 5) is 2.79. The minimum Gasteiger partial charge on any atom is -0.315 e. The highest BCUT2D eigenvalue weighted by Crippen LogP contribution is 2.39.